The van der Waals surface area contributed by atoms with Gasteiger partial charge in [-0.25, -0.2) is 19.4 Å². The number of amides is 2. The van der Waals surface area contributed by atoms with Gasteiger partial charge in [-0.2, -0.15) is 18.3 Å². The van der Waals surface area contributed by atoms with E-state index in [4.69, 9.17) is 0 Å². The average molecular weight is 445 g/mol. The van der Waals surface area contributed by atoms with Gasteiger partial charge in [0.05, 0.1) is 5.56 Å². The third-order valence-corrected chi connectivity index (χ3v) is 5.26. The van der Waals surface area contributed by atoms with Gasteiger partial charge >= 0.3 is 12.2 Å². The van der Waals surface area contributed by atoms with Gasteiger partial charge in [0.1, 0.15) is 5.82 Å². The lowest BCUT2D eigenvalue weighted by atomic mass is 10.1. The molecule has 3 aromatic heterocycles. The molecule has 0 atom stereocenters. The highest BCUT2D eigenvalue weighted by Gasteiger charge is 2.31. The van der Waals surface area contributed by atoms with Crippen molar-refractivity contribution in [2.75, 3.05) is 18.0 Å². The predicted octanol–water partition coefficient (Wildman–Crippen LogP) is 3.15. The van der Waals surface area contributed by atoms with Gasteiger partial charge < -0.3 is 15.5 Å². The van der Waals surface area contributed by atoms with E-state index in [0.29, 0.717) is 44.1 Å². The number of halogens is 3. The van der Waals surface area contributed by atoms with Crippen LogP contribution in [0.25, 0.3) is 5.82 Å². The highest BCUT2D eigenvalue weighted by atomic mass is 19.4. The van der Waals surface area contributed by atoms with Crippen molar-refractivity contribution < 1.29 is 18.0 Å². The summed E-state index contributed by atoms with van der Waals surface area (Å²) >= 11 is 0. The standard InChI is InChI=1S/C21H22F3N7O/c22-21(23,24)16-4-5-18(26-14-16)30-11-6-17(7-12-30)29-20(32)27-13-15-3-1-8-25-19(15)31-10-2-9-28-31/h1-5,8-10,14,17H,6-7,11-13H2,(H2,27,29,32). The number of nitrogens with zero attached hydrogens (tertiary/aromatic N) is 5. The van der Waals surface area contributed by atoms with Crippen LogP contribution in [0, 0.1) is 0 Å². The van der Waals surface area contributed by atoms with E-state index in [0.717, 1.165) is 17.8 Å². The maximum Gasteiger partial charge on any atom is 0.417 e. The van der Waals surface area contributed by atoms with Crippen molar-refractivity contribution in [3.05, 3.63) is 66.2 Å². The zero-order valence-electron chi connectivity index (χ0n) is 17.1. The molecule has 0 unspecified atom stereocenters. The van der Waals surface area contributed by atoms with Gasteiger partial charge in [0, 0.05) is 56.0 Å². The summed E-state index contributed by atoms with van der Waals surface area (Å²) < 4.78 is 39.7. The largest absolute Gasteiger partial charge is 0.417 e. The molecule has 4 rings (SSSR count). The van der Waals surface area contributed by atoms with E-state index in [1.807, 2.05) is 11.0 Å². The molecule has 0 aliphatic carbocycles. The lowest BCUT2D eigenvalue weighted by molar-refractivity contribution is -0.137. The van der Waals surface area contributed by atoms with Gasteiger partial charge in [0.2, 0.25) is 0 Å². The van der Waals surface area contributed by atoms with Crippen LogP contribution in [0.5, 0.6) is 0 Å². The van der Waals surface area contributed by atoms with Gasteiger partial charge in [-0.15, -0.1) is 0 Å². The lowest BCUT2D eigenvalue weighted by Crippen LogP contribution is -2.48. The van der Waals surface area contributed by atoms with Crippen molar-refractivity contribution in [2.45, 2.75) is 31.6 Å². The summed E-state index contributed by atoms with van der Waals surface area (Å²) in [5.41, 5.74) is 0.0633. The highest BCUT2D eigenvalue weighted by Crippen LogP contribution is 2.29. The summed E-state index contributed by atoms with van der Waals surface area (Å²) in [5.74, 6) is 1.15. The first kappa shape index (κ1) is 21.6. The van der Waals surface area contributed by atoms with E-state index in [1.165, 1.54) is 6.07 Å². The topological polar surface area (TPSA) is 88.0 Å². The Morgan fingerprint density at radius 2 is 1.91 bits per heavy atom. The molecule has 0 spiro atoms. The Hall–Kier alpha value is -3.63. The summed E-state index contributed by atoms with van der Waals surface area (Å²) in [6, 6.07) is 7.58. The second-order valence-corrected chi connectivity index (χ2v) is 7.43. The van der Waals surface area contributed by atoms with Crippen LogP contribution >= 0.6 is 0 Å². The van der Waals surface area contributed by atoms with Gasteiger partial charge in [-0.3, -0.25) is 0 Å². The SMILES string of the molecule is O=C(NCc1cccnc1-n1cccn1)NC1CCN(c2ccc(C(F)(F)F)cn2)CC1. The van der Waals surface area contributed by atoms with E-state index in [2.05, 4.69) is 25.7 Å². The molecule has 32 heavy (non-hydrogen) atoms. The van der Waals surface area contributed by atoms with Gasteiger partial charge in [-0.05, 0) is 37.1 Å². The Labute approximate surface area is 182 Å². The Morgan fingerprint density at radius 3 is 2.56 bits per heavy atom. The molecule has 2 N–H and O–H groups in total. The summed E-state index contributed by atoms with van der Waals surface area (Å²) in [6.07, 6.45) is 2.90. The van der Waals surface area contributed by atoms with E-state index in [-0.39, 0.29) is 12.1 Å². The number of alkyl halides is 3. The van der Waals surface area contributed by atoms with Gasteiger partial charge in [0.25, 0.3) is 0 Å². The average Bonchev–Trinajstić information content (AvgIpc) is 3.33. The van der Waals surface area contributed by atoms with E-state index in [1.54, 1.807) is 35.4 Å². The molecule has 4 heterocycles. The number of carbonyl (C=O) groups excluding carboxylic acids is 1. The van der Waals surface area contributed by atoms with E-state index < -0.39 is 11.7 Å². The molecular formula is C21H22F3N7O. The molecule has 1 saturated heterocycles. The third kappa shape index (κ3) is 5.16. The van der Waals surface area contributed by atoms with Crippen molar-refractivity contribution in [1.82, 2.24) is 30.4 Å². The second-order valence-electron chi connectivity index (χ2n) is 7.43. The maximum absolute atomic E-state index is 12.7. The third-order valence-electron chi connectivity index (χ3n) is 5.26. The number of pyridine rings is 2. The fourth-order valence-electron chi connectivity index (χ4n) is 3.57. The quantitative estimate of drug-likeness (QED) is 0.630. The normalized spacial score (nSPS) is 14.9. The molecule has 1 aliphatic rings. The number of aromatic nitrogens is 4. The molecule has 11 heteroatoms. The van der Waals surface area contributed by atoms with Crippen molar-refractivity contribution >= 4 is 11.8 Å². The second kappa shape index (κ2) is 9.25. The number of hydrogen-bond donors (Lipinski definition) is 2. The number of anilines is 1. The molecule has 8 nitrogen and oxygen atoms in total. The molecule has 3 aromatic rings. The Morgan fingerprint density at radius 1 is 1.09 bits per heavy atom. The van der Waals surface area contributed by atoms with Crippen LogP contribution in [0.1, 0.15) is 24.0 Å². The lowest BCUT2D eigenvalue weighted by Gasteiger charge is -2.33. The van der Waals surface area contributed by atoms with Crippen LogP contribution in [0.2, 0.25) is 0 Å². The number of carbonyl (C=O) groups is 1. The zero-order valence-corrected chi connectivity index (χ0v) is 17.1. The number of urea groups is 1. The molecule has 0 aromatic carbocycles. The maximum atomic E-state index is 12.7. The smallest absolute Gasteiger partial charge is 0.356 e. The molecule has 0 bridgehead atoms. The summed E-state index contributed by atoms with van der Waals surface area (Å²) in [7, 11) is 0. The van der Waals surface area contributed by atoms with Crippen LogP contribution in [0.3, 0.4) is 0 Å². The van der Waals surface area contributed by atoms with Crippen molar-refractivity contribution in [3.8, 4) is 5.82 Å². The molecule has 0 radical (unpaired) electrons. The summed E-state index contributed by atoms with van der Waals surface area (Å²) in [5, 5.41) is 9.98. The van der Waals surface area contributed by atoms with E-state index in [9.17, 15) is 18.0 Å². The number of nitrogens with one attached hydrogen (secondary N) is 2. The minimum absolute atomic E-state index is 0.0276. The Bertz CT molecular complexity index is 1030. The van der Waals surface area contributed by atoms with Crippen molar-refractivity contribution in [1.29, 1.82) is 0 Å². The van der Waals surface area contributed by atoms with Crippen LogP contribution in [-0.4, -0.2) is 44.9 Å². The Balaban J connectivity index is 1.26. The minimum Gasteiger partial charge on any atom is -0.356 e. The number of hydrogen-bond acceptors (Lipinski definition) is 5. The zero-order chi connectivity index (χ0) is 22.6. The van der Waals surface area contributed by atoms with Crippen LogP contribution < -0.4 is 15.5 Å². The monoisotopic (exact) mass is 445 g/mol. The van der Waals surface area contributed by atoms with Crippen LogP contribution in [0.15, 0.2) is 55.1 Å². The summed E-state index contributed by atoms with van der Waals surface area (Å²) in [6.45, 7) is 1.48. The first-order valence-corrected chi connectivity index (χ1v) is 10.2. The molecular weight excluding hydrogens is 423 g/mol. The van der Waals surface area contributed by atoms with Crippen LogP contribution in [-0.2, 0) is 12.7 Å². The molecule has 168 valence electrons. The fraction of sp³-hybridized carbons (Fsp3) is 0.333. The first-order chi connectivity index (χ1) is 15.4. The van der Waals surface area contributed by atoms with Crippen molar-refractivity contribution in [2.24, 2.45) is 0 Å². The number of rotatable bonds is 5. The van der Waals surface area contributed by atoms with Crippen LogP contribution in [0.4, 0.5) is 23.8 Å². The molecule has 1 fully saturated rings. The fourth-order valence-corrected chi connectivity index (χ4v) is 3.57. The molecule has 1 aliphatic heterocycles. The highest BCUT2D eigenvalue weighted by molar-refractivity contribution is 5.74. The predicted molar refractivity (Wildman–Crippen MR) is 111 cm³/mol. The van der Waals surface area contributed by atoms with Crippen molar-refractivity contribution in [3.63, 3.8) is 0 Å². The van der Waals surface area contributed by atoms with E-state index >= 15 is 0 Å². The Kier molecular flexibility index (Phi) is 6.24. The minimum atomic E-state index is -4.40. The van der Waals surface area contributed by atoms with Gasteiger partial charge in [0.15, 0.2) is 5.82 Å². The van der Waals surface area contributed by atoms with Gasteiger partial charge in [-0.1, -0.05) is 6.07 Å². The first-order valence-electron chi connectivity index (χ1n) is 10.2. The molecule has 2 amide bonds. The molecule has 0 saturated carbocycles. The number of piperidine rings is 1. The summed E-state index contributed by atoms with van der Waals surface area (Å²) in [4.78, 5) is 22.6.